The van der Waals surface area contributed by atoms with Crippen molar-refractivity contribution in [3.05, 3.63) is 32.1 Å². The number of alkyl halides is 3. The van der Waals surface area contributed by atoms with Crippen LogP contribution in [0.15, 0.2) is 10.9 Å². The minimum absolute atomic E-state index is 0.182. The van der Waals surface area contributed by atoms with Gasteiger partial charge in [0.15, 0.2) is 0 Å². The van der Waals surface area contributed by atoms with Gasteiger partial charge < -0.3 is 9.47 Å². The SMILES string of the molecule is CCOC(=O)c1cc(=O)[nH]c(OC(F)(F)F)c1[N+](=O)[O-]. The van der Waals surface area contributed by atoms with Crippen molar-refractivity contribution in [2.24, 2.45) is 0 Å². The molecular weight excluding hydrogens is 289 g/mol. The molecule has 0 aliphatic heterocycles. The van der Waals surface area contributed by atoms with Crippen LogP contribution in [-0.2, 0) is 4.74 Å². The fourth-order valence-corrected chi connectivity index (χ4v) is 1.26. The summed E-state index contributed by atoms with van der Waals surface area (Å²) in [5, 5.41) is 10.8. The Morgan fingerprint density at radius 2 is 2.10 bits per heavy atom. The van der Waals surface area contributed by atoms with Gasteiger partial charge in [0.25, 0.3) is 11.4 Å². The Morgan fingerprint density at radius 3 is 2.55 bits per heavy atom. The molecule has 0 fully saturated rings. The first-order valence-electron chi connectivity index (χ1n) is 5.00. The van der Waals surface area contributed by atoms with Gasteiger partial charge >= 0.3 is 18.0 Å². The molecule has 1 rings (SSSR count). The standard InChI is InChI=1S/C9H7F3N2O6/c1-2-19-8(16)4-3-5(15)13-7(6(4)14(17)18)20-9(10,11)12/h3H,2H2,1H3,(H,13,15). The molecule has 1 aromatic heterocycles. The number of esters is 1. The number of nitrogens with one attached hydrogen (secondary N) is 1. The molecule has 1 heterocycles. The third-order valence-electron chi connectivity index (χ3n) is 1.88. The van der Waals surface area contributed by atoms with E-state index in [4.69, 9.17) is 0 Å². The van der Waals surface area contributed by atoms with Crippen LogP contribution < -0.4 is 10.3 Å². The number of nitro groups is 1. The van der Waals surface area contributed by atoms with Gasteiger partial charge in [-0.05, 0) is 6.92 Å². The molecule has 0 aliphatic carbocycles. The van der Waals surface area contributed by atoms with Crippen molar-refractivity contribution < 1.29 is 32.4 Å². The molecule has 0 spiro atoms. The minimum Gasteiger partial charge on any atom is -0.462 e. The molecule has 110 valence electrons. The van der Waals surface area contributed by atoms with E-state index in [-0.39, 0.29) is 6.61 Å². The Morgan fingerprint density at radius 1 is 1.50 bits per heavy atom. The normalized spacial score (nSPS) is 11.0. The number of hydrogen-bond donors (Lipinski definition) is 1. The monoisotopic (exact) mass is 296 g/mol. The lowest BCUT2D eigenvalue weighted by atomic mass is 10.2. The zero-order chi connectivity index (χ0) is 15.5. The van der Waals surface area contributed by atoms with Crippen LogP contribution in [0, 0.1) is 10.1 Å². The Balaban J connectivity index is 3.48. The molecule has 0 saturated heterocycles. The average Bonchev–Trinajstić information content (AvgIpc) is 2.25. The van der Waals surface area contributed by atoms with E-state index >= 15 is 0 Å². The van der Waals surface area contributed by atoms with Crippen LogP contribution in [0.1, 0.15) is 17.3 Å². The Labute approximate surface area is 108 Å². The van der Waals surface area contributed by atoms with Crippen LogP contribution in [0.2, 0.25) is 0 Å². The summed E-state index contributed by atoms with van der Waals surface area (Å²) in [7, 11) is 0. The van der Waals surface area contributed by atoms with Crippen LogP contribution in [0.5, 0.6) is 5.88 Å². The first-order chi connectivity index (χ1) is 9.15. The summed E-state index contributed by atoms with van der Waals surface area (Å²) in [5.74, 6) is -2.80. The van der Waals surface area contributed by atoms with Crippen molar-refractivity contribution >= 4 is 11.7 Å². The number of pyridine rings is 1. The summed E-state index contributed by atoms with van der Waals surface area (Å²) < 4.78 is 44.1. The average molecular weight is 296 g/mol. The van der Waals surface area contributed by atoms with Gasteiger partial charge in [-0.3, -0.25) is 19.9 Å². The van der Waals surface area contributed by atoms with E-state index in [2.05, 4.69) is 9.47 Å². The summed E-state index contributed by atoms with van der Waals surface area (Å²) in [6, 6.07) is 0.458. The largest absolute Gasteiger partial charge is 0.574 e. The summed E-state index contributed by atoms with van der Waals surface area (Å²) in [6.07, 6.45) is -5.28. The first kappa shape index (κ1) is 15.5. The van der Waals surface area contributed by atoms with E-state index < -0.39 is 39.9 Å². The molecule has 11 heteroatoms. The highest BCUT2D eigenvalue weighted by molar-refractivity contribution is 5.94. The van der Waals surface area contributed by atoms with Crippen LogP contribution in [0.25, 0.3) is 0 Å². The molecule has 0 atom stereocenters. The zero-order valence-electron chi connectivity index (χ0n) is 9.82. The smallest absolute Gasteiger partial charge is 0.462 e. The van der Waals surface area contributed by atoms with Crippen molar-refractivity contribution in [1.29, 1.82) is 0 Å². The molecule has 0 aromatic carbocycles. The fraction of sp³-hybridized carbons (Fsp3) is 0.333. The van der Waals surface area contributed by atoms with E-state index in [1.165, 1.54) is 11.9 Å². The summed E-state index contributed by atoms with van der Waals surface area (Å²) in [5.41, 5.74) is -3.45. The lowest BCUT2D eigenvalue weighted by Gasteiger charge is -2.10. The van der Waals surface area contributed by atoms with Crippen LogP contribution in [-0.4, -0.2) is 28.8 Å². The number of carbonyl (C=O) groups is 1. The van der Waals surface area contributed by atoms with Crippen molar-refractivity contribution in [3.63, 3.8) is 0 Å². The van der Waals surface area contributed by atoms with Crippen molar-refractivity contribution in [1.82, 2.24) is 4.98 Å². The summed E-state index contributed by atoms with van der Waals surface area (Å²) in [6.45, 7) is 1.20. The maximum Gasteiger partial charge on any atom is 0.574 e. The van der Waals surface area contributed by atoms with Gasteiger partial charge in [-0.15, -0.1) is 13.2 Å². The second-order valence-corrected chi connectivity index (χ2v) is 3.25. The fourth-order valence-electron chi connectivity index (χ4n) is 1.26. The molecular formula is C9H7F3N2O6. The first-order valence-corrected chi connectivity index (χ1v) is 5.00. The maximum absolute atomic E-state index is 12.1. The number of carbonyl (C=O) groups excluding carboxylic acids is 1. The topological polar surface area (TPSA) is 112 Å². The molecule has 0 amide bonds. The molecule has 20 heavy (non-hydrogen) atoms. The van der Waals surface area contributed by atoms with Gasteiger partial charge in [0, 0.05) is 6.07 Å². The minimum atomic E-state index is -5.28. The molecule has 0 unspecified atom stereocenters. The van der Waals surface area contributed by atoms with Crippen molar-refractivity contribution in [2.45, 2.75) is 13.3 Å². The summed E-state index contributed by atoms with van der Waals surface area (Å²) >= 11 is 0. The van der Waals surface area contributed by atoms with E-state index in [1.807, 2.05) is 0 Å². The highest BCUT2D eigenvalue weighted by atomic mass is 19.4. The van der Waals surface area contributed by atoms with Gasteiger partial charge in [-0.2, -0.15) is 0 Å². The predicted molar refractivity (Wildman–Crippen MR) is 56.4 cm³/mol. The Kier molecular flexibility index (Phi) is 4.32. The Hall–Kier alpha value is -2.59. The number of halogens is 3. The second-order valence-electron chi connectivity index (χ2n) is 3.25. The van der Waals surface area contributed by atoms with E-state index in [0.29, 0.717) is 6.07 Å². The third-order valence-corrected chi connectivity index (χ3v) is 1.88. The quantitative estimate of drug-likeness (QED) is 0.510. The van der Waals surface area contributed by atoms with Gasteiger partial charge in [0.2, 0.25) is 0 Å². The molecule has 0 aliphatic rings. The lowest BCUT2D eigenvalue weighted by Crippen LogP contribution is -2.23. The highest BCUT2D eigenvalue weighted by Crippen LogP contribution is 2.31. The number of aromatic nitrogens is 1. The molecule has 0 saturated carbocycles. The molecule has 1 aromatic rings. The number of nitrogens with zero attached hydrogens (tertiary/aromatic N) is 1. The van der Waals surface area contributed by atoms with E-state index in [9.17, 15) is 32.9 Å². The molecule has 1 N–H and O–H groups in total. The molecule has 0 radical (unpaired) electrons. The van der Waals surface area contributed by atoms with Crippen LogP contribution >= 0.6 is 0 Å². The number of ether oxygens (including phenoxy) is 2. The predicted octanol–water partition coefficient (Wildman–Crippen LogP) is 1.36. The van der Waals surface area contributed by atoms with Gasteiger partial charge in [0.1, 0.15) is 5.56 Å². The number of hydrogen-bond acceptors (Lipinski definition) is 6. The number of rotatable bonds is 4. The zero-order valence-corrected chi connectivity index (χ0v) is 9.82. The van der Waals surface area contributed by atoms with Crippen molar-refractivity contribution in [3.8, 4) is 5.88 Å². The number of H-pyrrole nitrogens is 1. The molecule has 0 bridgehead atoms. The molecule has 8 nitrogen and oxygen atoms in total. The van der Waals surface area contributed by atoms with Gasteiger partial charge in [-0.25, -0.2) is 4.79 Å². The Bertz CT molecular complexity index is 594. The van der Waals surface area contributed by atoms with Crippen LogP contribution in [0.4, 0.5) is 18.9 Å². The second kappa shape index (κ2) is 5.59. The third kappa shape index (κ3) is 3.70. The number of aromatic amines is 1. The van der Waals surface area contributed by atoms with E-state index in [1.54, 1.807) is 0 Å². The van der Waals surface area contributed by atoms with Gasteiger partial charge in [-0.1, -0.05) is 0 Å². The summed E-state index contributed by atoms with van der Waals surface area (Å²) in [4.78, 5) is 33.6. The van der Waals surface area contributed by atoms with Crippen LogP contribution in [0.3, 0.4) is 0 Å². The highest BCUT2D eigenvalue weighted by Gasteiger charge is 2.38. The van der Waals surface area contributed by atoms with Gasteiger partial charge in [0.05, 0.1) is 11.5 Å². The van der Waals surface area contributed by atoms with Crippen molar-refractivity contribution in [2.75, 3.05) is 6.61 Å². The lowest BCUT2D eigenvalue weighted by molar-refractivity contribution is -0.389. The van der Waals surface area contributed by atoms with E-state index in [0.717, 1.165) is 0 Å². The maximum atomic E-state index is 12.1.